The third-order valence-corrected chi connectivity index (χ3v) is 3.47. The van der Waals surface area contributed by atoms with Crippen molar-refractivity contribution in [1.29, 1.82) is 0 Å². The molecular weight excluding hydrogens is 316 g/mol. The molecule has 0 spiro atoms. The van der Waals surface area contributed by atoms with Crippen LogP contribution in [0.2, 0.25) is 0 Å². The van der Waals surface area contributed by atoms with Crippen LogP contribution in [0.4, 0.5) is 4.39 Å². The number of likely N-dealkylation sites (tertiary alicyclic amines) is 1. The maximum atomic E-state index is 12.7. The van der Waals surface area contributed by atoms with E-state index >= 15 is 0 Å². The third kappa shape index (κ3) is 4.87. The largest absolute Gasteiger partial charge is 0.386 e. The predicted octanol–water partition coefficient (Wildman–Crippen LogP) is 0.687. The molecule has 1 aromatic rings. The summed E-state index contributed by atoms with van der Waals surface area (Å²) < 4.78 is 12.7. The Balaban J connectivity index is 1.64. The summed E-state index contributed by atoms with van der Waals surface area (Å²) in [6, 6.07) is 5.62. The monoisotopic (exact) mass is 334 g/mol. The molecule has 1 unspecified atom stereocenters. The van der Waals surface area contributed by atoms with Crippen molar-refractivity contribution in [1.82, 2.24) is 10.2 Å². The van der Waals surface area contributed by atoms with Crippen LogP contribution in [0.1, 0.15) is 18.9 Å². The topological polar surface area (TPSA) is 88.1 Å². The highest BCUT2D eigenvalue weighted by Gasteiger charge is 2.34. The lowest BCUT2D eigenvalue weighted by Gasteiger charge is -2.14. The van der Waals surface area contributed by atoms with E-state index in [9.17, 15) is 18.8 Å². The Morgan fingerprint density at radius 2 is 2.12 bits per heavy atom. The summed E-state index contributed by atoms with van der Waals surface area (Å²) in [4.78, 5) is 40.8. The molecule has 24 heavy (non-hydrogen) atoms. The van der Waals surface area contributed by atoms with Crippen LogP contribution in [0.3, 0.4) is 0 Å². The molecule has 0 radical (unpaired) electrons. The summed E-state index contributed by atoms with van der Waals surface area (Å²) >= 11 is 0. The number of imide groups is 1. The van der Waals surface area contributed by atoms with Crippen molar-refractivity contribution < 1.29 is 23.6 Å². The molecule has 7 nitrogen and oxygen atoms in total. The number of amides is 3. The lowest BCUT2D eigenvalue weighted by atomic mass is 10.1. The van der Waals surface area contributed by atoms with Crippen LogP contribution in [0.25, 0.3) is 0 Å². The normalized spacial score (nSPS) is 17.6. The fourth-order valence-corrected chi connectivity index (χ4v) is 2.18. The summed E-state index contributed by atoms with van der Waals surface area (Å²) in [5.41, 5.74) is 0.636. The summed E-state index contributed by atoms with van der Waals surface area (Å²) in [5.74, 6) is -1.50. The number of halogens is 1. The number of oxime groups is 1. The molecule has 1 heterocycles. The van der Waals surface area contributed by atoms with Gasteiger partial charge in [-0.1, -0.05) is 24.2 Å². The minimum atomic E-state index is -0.418. The Kier molecular flexibility index (Phi) is 6.00. The van der Waals surface area contributed by atoms with E-state index in [0.717, 1.165) is 4.90 Å². The van der Waals surface area contributed by atoms with E-state index in [4.69, 9.17) is 4.84 Å². The van der Waals surface area contributed by atoms with Crippen molar-refractivity contribution >= 4 is 23.9 Å². The van der Waals surface area contributed by atoms with Gasteiger partial charge in [0.25, 0.3) is 5.91 Å². The van der Waals surface area contributed by atoms with Gasteiger partial charge < -0.3 is 10.2 Å². The molecule has 0 aromatic heterocycles. The highest BCUT2D eigenvalue weighted by Crippen LogP contribution is 2.17. The van der Waals surface area contributed by atoms with Gasteiger partial charge in [-0.3, -0.25) is 19.3 Å². The second kappa shape index (κ2) is 8.19. The van der Waals surface area contributed by atoms with Crippen molar-refractivity contribution in [3.63, 3.8) is 0 Å². The van der Waals surface area contributed by atoms with Crippen molar-refractivity contribution in [3.8, 4) is 0 Å². The van der Waals surface area contributed by atoms with Crippen LogP contribution in [-0.2, 0) is 19.2 Å². The number of nitrogens with one attached hydrogen (secondary N) is 1. The minimum absolute atomic E-state index is 0.145. The second-order valence-electron chi connectivity index (χ2n) is 5.40. The van der Waals surface area contributed by atoms with Gasteiger partial charge in [0.2, 0.25) is 11.8 Å². The van der Waals surface area contributed by atoms with Gasteiger partial charge in [0.15, 0.2) is 6.61 Å². The van der Waals surface area contributed by atoms with Crippen LogP contribution in [-0.4, -0.2) is 48.5 Å². The zero-order valence-electron chi connectivity index (χ0n) is 13.2. The van der Waals surface area contributed by atoms with E-state index in [1.165, 1.54) is 30.5 Å². The smallest absolute Gasteiger partial charge is 0.260 e. The minimum Gasteiger partial charge on any atom is -0.386 e. The fourth-order valence-electron chi connectivity index (χ4n) is 2.18. The quantitative estimate of drug-likeness (QED) is 0.451. The van der Waals surface area contributed by atoms with Crippen LogP contribution in [0, 0.1) is 11.7 Å². The molecule has 2 rings (SSSR count). The number of nitrogens with zero attached hydrogens (tertiary/aromatic N) is 2. The first kappa shape index (κ1) is 17.6. The van der Waals surface area contributed by atoms with Crippen LogP contribution >= 0.6 is 0 Å². The number of carbonyl (C=O) groups excluding carboxylic acids is 3. The molecule has 128 valence electrons. The first-order valence-corrected chi connectivity index (χ1v) is 7.49. The maximum absolute atomic E-state index is 12.7. The number of rotatable bonds is 7. The van der Waals surface area contributed by atoms with Gasteiger partial charge in [0.05, 0.1) is 6.21 Å². The molecule has 0 saturated carbocycles. The summed E-state index contributed by atoms with van der Waals surface area (Å²) in [6.07, 6.45) is 1.57. The molecule has 0 bridgehead atoms. The molecule has 8 heteroatoms. The zero-order valence-corrected chi connectivity index (χ0v) is 13.2. The Labute approximate surface area is 138 Å². The zero-order chi connectivity index (χ0) is 17.5. The van der Waals surface area contributed by atoms with Crippen molar-refractivity contribution in [3.05, 3.63) is 35.6 Å². The molecule has 1 aromatic carbocycles. The average molecular weight is 334 g/mol. The van der Waals surface area contributed by atoms with Gasteiger partial charge in [0.1, 0.15) is 5.82 Å². The average Bonchev–Trinajstić information content (AvgIpc) is 2.79. The molecule has 1 atom stereocenters. The van der Waals surface area contributed by atoms with E-state index in [0.29, 0.717) is 5.56 Å². The standard InChI is InChI=1S/C16H18FN3O4/c1-11-8-15(22)20(16(11)23)7-6-18-14(21)10-24-19-9-12-2-4-13(17)5-3-12/h2-5,9,11H,6-8,10H2,1H3,(H,18,21)/b19-9+/i17-1. The van der Waals surface area contributed by atoms with Gasteiger partial charge in [-0.05, 0) is 17.7 Å². The van der Waals surface area contributed by atoms with Crippen LogP contribution in [0.5, 0.6) is 0 Å². The second-order valence-corrected chi connectivity index (χ2v) is 5.40. The van der Waals surface area contributed by atoms with Gasteiger partial charge in [-0.15, -0.1) is 0 Å². The Morgan fingerprint density at radius 3 is 2.75 bits per heavy atom. The SMILES string of the molecule is CC1CC(=O)N(CCNC(=O)CO/N=C/c2ccc([18F])cc2)C1=O. The van der Waals surface area contributed by atoms with Crippen molar-refractivity contribution in [2.24, 2.45) is 11.1 Å². The van der Waals surface area contributed by atoms with E-state index in [1.54, 1.807) is 6.92 Å². The highest BCUT2D eigenvalue weighted by molar-refractivity contribution is 6.03. The van der Waals surface area contributed by atoms with Crippen molar-refractivity contribution in [2.45, 2.75) is 13.3 Å². The van der Waals surface area contributed by atoms with Gasteiger partial charge in [-0.2, -0.15) is 0 Å². The Morgan fingerprint density at radius 1 is 1.42 bits per heavy atom. The number of hydrogen-bond donors (Lipinski definition) is 1. The fraction of sp³-hybridized carbons (Fsp3) is 0.375. The molecule has 1 aliphatic rings. The third-order valence-electron chi connectivity index (χ3n) is 3.47. The number of carbonyl (C=O) groups is 3. The van der Waals surface area contributed by atoms with Gasteiger partial charge in [0, 0.05) is 25.4 Å². The number of benzene rings is 1. The van der Waals surface area contributed by atoms with Gasteiger partial charge in [-0.25, -0.2) is 4.39 Å². The first-order chi connectivity index (χ1) is 11.5. The van der Waals surface area contributed by atoms with E-state index in [-0.39, 0.29) is 49.7 Å². The predicted molar refractivity (Wildman–Crippen MR) is 83.5 cm³/mol. The first-order valence-electron chi connectivity index (χ1n) is 7.49. The highest BCUT2D eigenvalue weighted by atomic mass is 18.2. The van der Waals surface area contributed by atoms with E-state index in [1.807, 2.05) is 0 Å². The van der Waals surface area contributed by atoms with Crippen LogP contribution < -0.4 is 5.32 Å². The van der Waals surface area contributed by atoms with Crippen LogP contribution in [0.15, 0.2) is 29.4 Å². The lowest BCUT2D eigenvalue weighted by molar-refractivity contribution is -0.139. The number of hydrogen-bond acceptors (Lipinski definition) is 5. The molecule has 1 saturated heterocycles. The molecule has 3 amide bonds. The lowest BCUT2D eigenvalue weighted by Crippen LogP contribution is -2.39. The van der Waals surface area contributed by atoms with E-state index in [2.05, 4.69) is 10.5 Å². The Hall–Kier alpha value is -2.77. The summed E-state index contributed by atoms with van der Waals surface area (Å²) in [5, 5.41) is 6.14. The summed E-state index contributed by atoms with van der Waals surface area (Å²) in [6.45, 7) is 1.71. The maximum Gasteiger partial charge on any atom is 0.260 e. The molecule has 1 fully saturated rings. The Bertz CT molecular complexity index is 645. The van der Waals surface area contributed by atoms with Crippen molar-refractivity contribution in [2.75, 3.05) is 19.7 Å². The molecule has 1 N–H and O–H groups in total. The molecule has 0 aliphatic carbocycles. The molecular formula is C16H18FN3O4. The van der Waals surface area contributed by atoms with E-state index < -0.39 is 5.91 Å². The van der Waals surface area contributed by atoms with Gasteiger partial charge >= 0.3 is 0 Å². The molecule has 1 aliphatic heterocycles. The summed E-state index contributed by atoms with van der Waals surface area (Å²) in [7, 11) is 0.